The number of alkyl halides is 3. The Kier molecular flexibility index (Phi) is 6.33. The summed E-state index contributed by atoms with van der Waals surface area (Å²) in [5, 5.41) is 18.9. The molecule has 2 aromatic carbocycles. The fourth-order valence-electron chi connectivity index (χ4n) is 3.18. The van der Waals surface area contributed by atoms with Gasteiger partial charge in [-0.3, -0.25) is 4.57 Å². The molecule has 4 rings (SSSR count). The molecule has 0 bridgehead atoms. The first-order chi connectivity index (χ1) is 15.6. The number of para-hydroxylation sites is 1. The van der Waals surface area contributed by atoms with E-state index in [-0.39, 0.29) is 12.4 Å². The Balaban J connectivity index is 1.71. The number of nitrogens with zero attached hydrogens (tertiary/aromatic N) is 5. The van der Waals surface area contributed by atoms with Crippen molar-refractivity contribution in [3.05, 3.63) is 87.0 Å². The van der Waals surface area contributed by atoms with E-state index >= 15 is 0 Å². The molecule has 0 saturated carbocycles. The Bertz CT molecular complexity index is 1330. The van der Waals surface area contributed by atoms with E-state index in [1.807, 2.05) is 0 Å². The zero-order chi connectivity index (χ0) is 23.8. The van der Waals surface area contributed by atoms with E-state index in [4.69, 9.17) is 23.2 Å². The minimum Gasteiger partial charge on any atom is -0.382 e. The largest absolute Gasteiger partial charge is 0.416 e. The van der Waals surface area contributed by atoms with Gasteiger partial charge in [0.15, 0.2) is 11.9 Å². The van der Waals surface area contributed by atoms with Gasteiger partial charge in [-0.05, 0) is 36.4 Å². The molecule has 0 aliphatic carbocycles. The van der Waals surface area contributed by atoms with E-state index < -0.39 is 24.5 Å². The van der Waals surface area contributed by atoms with Crippen LogP contribution in [0.25, 0.3) is 17.1 Å². The van der Waals surface area contributed by atoms with Gasteiger partial charge >= 0.3 is 11.9 Å². The van der Waals surface area contributed by atoms with Gasteiger partial charge in [-0.1, -0.05) is 35.3 Å². The number of halogens is 5. The molecule has 4 aromatic rings. The Morgan fingerprint density at radius 2 is 1.76 bits per heavy atom. The average molecular weight is 498 g/mol. The monoisotopic (exact) mass is 497 g/mol. The van der Waals surface area contributed by atoms with Gasteiger partial charge in [0.2, 0.25) is 0 Å². The molecule has 33 heavy (non-hydrogen) atoms. The summed E-state index contributed by atoms with van der Waals surface area (Å²) in [4.78, 5) is 12.9. The lowest BCUT2D eigenvalue weighted by atomic mass is 10.2. The normalized spacial score (nSPS) is 12.8. The molecule has 1 N–H and O–H groups in total. The molecular weight excluding hydrogens is 482 g/mol. The van der Waals surface area contributed by atoms with Crippen LogP contribution in [0.3, 0.4) is 0 Å². The lowest BCUT2D eigenvalue weighted by Crippen LogP contribution is -2.37. The molecule has 12 heteroatoms. The molecule has 0 aliphatic heterocycles. The van der Waals surface area contributed by atoms with E-state index in [0.29, 0.717) is 26.9 Å². The highest BCUT2D eigenvalue weighted by atomic mass is 35.5. The standard InChI is InChI=1S/C21H16Cl2F3N5O2/c22-15-7-5-14(6-8-15)19-28-31(20(33)29(19)12-18(32)21(24,25)26)11-13-9-27-30(10-13)17-4-2-1-3-16(17)23/h1-10,18,32H,11-12H2/t18-/m0/s1. The van der Waals surface area contributed by atoms with Gasteiger partial charge in [0.1, 0.15) is 0 Å². The third kappa shape index (κ3) is 4.97. The second-order valence-electron chi connectivity index (χ2n) is 7.18. The highest BCUT2D eigenvalue weighted by Gasteiger charge is 2.39. The van der Waals surface area contributed by atoms with E-state index in [9.17, 15) is 23.1 Å². The summed E-state index contributed by atoms with van der Waals surface area (Å²) in [5.74, 6) is -0.0292. The molecule has 0 unspecified atom stereocenters. The number of hydrogen-bond acceptors (Lipinski definition) is 4. The summed E-state index contributed by atoms with van der Waals surface area (Å²) < 4.78 is 42.2. The highest BCUT2D eigenvalue weighted by molar-refractivity contribution is 6.32. The average Bonchev–Trinajstić information content (AvgIpc) is 3.34. The van der Waals surface area contributed by atoms with Crippen molar-refractivity contribution in [3.63, 3.8) is 0 Å². The molecule has 1 atom stereocenters. The molecule has 0 spiro atoms. The fraction of sp³-hybridized carbons (Fsp3) is 0.190. The van der Waals surface area contributed by atoms with Gasteiger partial charge in [-0.2, -0.15) is 18.3 Å². The number of benzene rings is 2. The topological polar surface area (TPSA) is 77.9 Å². The molecule has 172 valence electrons. The Morgan fingerprint density at radius 1 is 1.06 bits per heavy atom. The maximum absolute atomic E-state index is 13.0. The van der Waals surface area contributed by atoms with Crippen molar-refractivity contribution in [3.8, 4) is 17.1 Å². The van der Waals surface area contributed by atoms with E-state index in [1.165, 1.54) is 35.1 Å². The number of hydrogen-bond donors (Lipinski definition) is 1. The third-order valence-electron chi connectivity index (χ3n) is 4.83. The van der Waals surface area contributed by atoms with Crippen LogP contribution in [-0.4, -0.2) is 41.5 Å². The van der Waals surface area contributed by atoms with Crippen LogP contribution in [0, 0.1) is 0 Å². The summed E-state index contributed by atoms with van der Waals surface area (Å²) in [6, 6.07) is 13.1. The second kappa shape index (κ2) is 9.05. The summed E-state index contributed by atoms with van der Waals surface area (Å²) in [7, 11) is 0. The molecule has 2 heterocycles. The first-order valence-corrected chi connectivity index (χ1v) is 10.4. The smallest absolute Gasteiger partial charge is 0.382 e. The van der Waals surface area contributed by atoms with Crippen molar-refractivity contribution in [2.24, 2.45) is 0 Å². The van der Waals surface area contributed by atoms with Crippen molar-refractivity contribution in [2.75, 3.05) is 0 Å². The number of aliphatic hydroxyl groups is 1. The summed E-state index contributed by atoms with van der Waals surface area (Å²) in [6.07, 6.45) is -4.49. The zero-order valence-electron chi connectivity index (χ0n) is 16.7. The van der Waals surface area contributed by atoms with Crippen molar-refractivity contribution < 1.29 is 18.3 Å². The van der Waals surface area contributed by atoms with Crippen LogP contribution in [-0.2, 0) is 13.1 Å². The van der Waals surface area contributed by atoms with Gasteiger partial charge in [0, 0.05) is 22.3 Å². The SMILES string of the molecule is O=c1n(Cc2cnn(-c3ccccc3Cl)c2)nc(-c2ccc(Cl)cc2)n1C[C@H](O)C(F)(F)F. The maximum Gasteiger partial charge on any atom is 0.416 e. The van der Waals surface area contributed by atoms with Crippen LogP contribution in [0.4, 0.5) is 13.2 Å². The summed E-state index contributed by atoms with van der Waals surface area (Å²) in [6.45, 7) is -1.06. The van der Waals surface area contributed by atoms with Gasteiger partial charge in [-0.25, -0.2) is 14.2 Å². The van der Waals surface area contributed by atoms with E-state index in [0.717, 1.165) is 9.25 Å². The molecule has 0 radical (unpaired) electrons. The minimum atomic E-state index is -4.89. The molecule has 0 amide bonds. The molecule has 0 fully saturated rings. The molecule has 2 aromatic heterocycles. The quantitative estimate of drug-likeness (QED) is 0.433. The molecule has 0 aliphatic rings. The first kappa shape index (κ1) is 23.1. The predicted molar refractivity (Wildman–Crippen MR) is 117 cm³/mol. The number of rotatable bonds is 6. The Labute approximate surface area is 195 Å². The first-order valence-electron chi connectivity index (χ1n) is 9.60. The van der Waals surface area contributed by atoms with Gasteiger partial charge in [0.25, 0.3) is 0 Å². The van der Waals surface area contributed by atoms with Crippen LogP contribution in [0.1, 0.15) is 5.56 Å². The van der Waals surface area contributed by atoms with Crippen LogP contribution in [0.2, 0.25) is 10.0 Å². The van der Waals surface area contributed by atoms with Crippen molar-refractivity contribution in [1.29, 1.82) is 0 Å². The van der Waals surface area contributed by atoms with Crippen LogP contribution in [0.5, 0.6) is 0 Å². The molecule has 7 nitrogen and oxygen atoms in total. The summed E-state index contributed by atoms with van der Waals surface area (Å²) >= 11 is 12.1. The van der Waals surface area contributed by atoms with Gasteiger partial charge < -0.3 is 5.11 Å². The zero-order valence-corrected chi connectivity index (χ0v) is 18.3. The Hall–Kier alpha value is -3.08. The third-order valence-corrected chi connectivity index (χ3v) is 5.40. The maximum atomic E-state index is 13.0. The highest BCUT2D eigenvalue weighted by Crippen LogP contribution is 2.24. The fourth-order valence-corrected chi connectivity index (χ4v) is 3.53. The van der Waals surface area contributed by atoms with Gasteiger partial charge in [-0.15, -0.1) is 5.10 Å². The number of aliphatic hydroxyl groups excluding tert-OH is 1. The second-order valence-corrected chi connectivity index (χ2v) is 8.03. The lowest BCUT2D eigenvalue weighted by Gasteiger charge is -2.15. The van der Waals surface area contributed by atoms with E-state index in [1.54, 1.807) is 30.5 Å². The predicted octanol–water partition coefficient (Wildman–Crippen LogP) is 4.18. The lowest BCUT2D eigenvalue weighted by molar-refractivity contribution is -0.207. The van der Waals surface area contributed by atoms with Crippen LogP contribution < -0.4 is 5.69 Å². The van der Waals surface area contributed by atoms with Gasteiger partial charge in [0.05, 0.1) is 30.0 Å². The summed E-state index contributed by atoms with van der Waals surface area (Å²) in [5.41, 5.74) is 0.754. The molecule has 0 saturated heterocycles. The van der Waals surface area contributed by atoms with E-state index in [2.05, 4.69) is 10.2 Å². The van der Waals surface area contributed by atoms with Crippen molar-refractivity contribution >= 4 is 23.2 Å². The van der Waals surface area contributed by atoms with Crippen LogP contribution in [0.15, 0.2) is 65.7 Å². The minimum absolute atomic E-state index is 0.0292. The van der Waals surface area contributed by atoms with Crippen LogP contribution >= 0.6 is 23.2 Å². The van der Waals surface area contributed by atoms with Crippen molar-refractivity contribution in [1.82, 2.24) is 24.1 Å². The number of aromatic nitrogens is 5. The van der Waals surface area contributed by atoms with Crippen molar-refractivity contribution in [2.45, 2.75) is 25.4 Å². The Morgan fingerprint density at radius 3 is 2.42 bits per heavy atom. The molecular formula is C21H16Cl2F3N5O2.